The second kappa shape index (κ2) is 10.2. The van der Waals surface area contributed by atoms with Crippen molar-refractivity contribution < 1.29 is 42.6 Å². The summed E-state index contributed by atoms with van der Waals surface area (Å²) in [5.74, 6) is -4.43. The molecule has 1 fully saturated rings. The van der Waals surface area contributed by atoms with E-state index >= 15 is 0 Å². The van der Waals surface area contributed by atoms with Crippen LogP contribution in [0.5, 0.6) is 11.5 Å². The fourth-order valence-electron chi connectivity index (χ4n) is 3.45. The highest BCUT2D eigenvalue weighted by molar-refractivity contribution is 6.17. The summed E-state index contributed by atoms with van der Waals surface area (Å²) in [6.45, 7) is 1.83. The number of rotatable bonds is 6. The van der Waals surface area contributed by atoms with Crippen molar-refractivity contribution in [2.24, 2.45) is 0 Å². The lowest BCUT2D eigenvalue weighted by atomic mass is 10.1. The molecule has 10 nitrogen and oxygen atoms in total. The second-order valence-electron chi connectivity index (χ2n) is 7.35. The molecule has 0 spiro atoms. The number of nitrogens with zero attached hydrogens (tertiary/aromatic N) is 2. The Kier molecular flexibility index (Phi) is 7.37. The van der Waals surface area contributed by atoms with E-state index in [0.29, 0.717) is 0 Å². The normalized spacial score (nSPS) is 14.1. The van der Waals surface area contributed by atoms with E-state index in [9.17, 15) is 28.4 Å². The van der Waals surface area contributed by atoms with E-state index in [2.05, 4.69) is 0 Å². The van der Waals surface area contributed by atoms with Crippen LogP contribution < -0.4 is 14.4 Å². The molecule has 0 unspecified atom stereocenters. The van der Waals surface area contributed by atoms with Gasteiger partial charge < -0.3 is 14.2 Å². The smallest absolute Gasteiger partial charge is 0.341 e. The van der Waals surface area contributed by atoms with Crippen molar-refractivity contribution >= 4 is 35.4 Å². The molecule has 11 heteroatoms. The standard InChI is InChI=1S/C23H21FN2O8/c1-13(27)33-21-15(4-9-18(23(31)32-3)22(21)34-14(2)28)10-25-11-19(29)26(20(30)12-25)17-7-5-16(24)6-8-17/h4-9H,10-12H2,1-3H3. The lowest BCUT2D eigenvalue weighted by molar-refractivity contribution is -0.134. The lowest BCUT2D eigenvalue weighted by Gasteiger charge is -2.33. The summed E-state index contributed by atoms with van der Waals surface area (Å²) in [6, 6.07) is 7.72. The molecule has 0 atom stereocenters. The number of amides is 2. The molecule has 2 amide bonds. The summed E-state index contributed by atoms with van der Waals surface area (Å²) in [4.78, 5) is 63.4. The third-order valence-corrected chi connectivity index (χ3v) is 4.79. The van der Waals surface area contributed by atoms with Crippen LogP contribution in [-0.4, -0.2) is 54.8 Å². The first-order valence-corrected chi connectivity index (χ1v) is 10.1. The van der Waals surface area contributed by atoms with Crippen molar-refractivity contribution in [2.45, 2.75) is 20.4 Å². The Labute approximate surface area is 193 Å². The van der Waals surface area contributed by atoms with Crippen LogP contribution >= 0.6 is 0 Å². The molecule has 0 saturated carbocycles. The average molecular weight is 472 g/mol. The van der Waals surface area contributed by atoms with Gasteiger partial charge in [0, 0.05) is 26.0 Å². The van der Waals surface area contributed by atoms with E-state index in [0.717, 1.165) is 38.0 Å². The number of ether oxygens (including phenoxy) is 3. The first kappa shape index (κ1) is 24.5. The van der Waals surface area contributed by atoms with Crippen LogP contribution in [0, 0.1) is 5.82 Å². The Morgan fingerprint density at radius 1 is 0.882 bits per heavy atom. The Hall–Kier alpha value is -4.12. The van der Waals surface area contributed by atoms with Gasteiger partial charge in [0.15, 0.2) is 11.5 Å². The molecule has 2 aromatic carbocycles. The van der Waals surface area contributed by atoms with Gasteiger partial charge in [-0.15, -0.1) is 0 Å². The van der Waals surface area contributed by atoms with Crippen molar-refractivity contribution in [3.63, 3.8) is 0 Å². The van der Waals surface area contributed by atoms with Gasteiger partial charge in [-0.2, -0.15) is 0 Å². The van der Waals surface area contributed by atoms with Crippen LogP contribution in [0.3, 0.4) is 0 Å². The fourth-order valence-corrected chi connectivity index (χ4v) is 3.45. The zero-order chi connectivity index (χ0) is 25.0. The maximum absolute atomic E-state index is 13.2. The fraction of sp³-hybridized carbons (Fsp3) is 0.261. The summed E-state index contributed by atoms with van der Waals surface area (Å²) >= 11 is 0. The van der Waals surface area contributed by atoms with Crippen LogP contribution in [0.25, 0.3) is 0 Å². The van der Waals surface area contributed by atoms with Crippen LogP contribution in [-0.2, 0) is 30.5 Å². The van der Waals surface area contributed by atoms with Crippen molar-refractivity contribution in [2.75, 3.05) is 25.1 Å². The van der Waals surface area contributed by atoms with Crippen molar-refractivity contribution in [1.29, 1.82) is 0 Å². The molecule has 1 aliphatic heterocycles. The van der Waals surface area contributed by atoms with Crippen LogP contribution in [0.15, 0.2) is 36.4 Å². The first-order valence-electron chi connectivity index (χ1n) is 10.1. The van der Waals surface area contributed by atoms with Gasteiger partial charge in [-0.05, 0) is 30.3 Å². The number of hydrogen-bond acceptors (Lipinski definition) is 9. The van der Waals surface area contributed by atoms with E-state index in [1.54, 1.807) is 0 Å². The minimum Gasteiger partial charge on any atom is -0.465 e. The number of anilines is 1. The number of esters is 3. The highest BCUT2D eigenvalue weighted by Gasteiger charge is 2.33. The van der Waals surface area contributed by atoms with E-state index in [1.165, 1.54) is 29.2 Å². The topological polar surface area (TPSA) is 120 Å². The Morgan fingerprint density at radius 3 is 1.97 bits per heavy atom. The van der Waals surface area contributed by atoms with Crippen LogP contribution in [0.1, 0.15) is 29.8 Å². The molecule has 178 valence electrons. The number of imide groups is 1. The van der Waals surface area contributed by atoms with Gasteiger partial charge in [-0.3, -0.25) is 24.1 Å². The largest absolute Gasteiger partial charge is 0.465 e. The van der Waals surface area contributed by atoms with E-state index in [1.807, 2.05) is 0 Å². The SMILES string of the molecule is COC(=O)c1ccc(CN2CC(=O)N(c3ccc(F)cc3)C(=O)C2)c(OC(C)=O)c1OC(C)=O. The molecule has 1 aliphatic rings. The monoisotopic (exact) mass is 472 g/mol. The highest BCUT2D eigenvalue weighted by atomic mass is 19.1. The number of hydrogen-bond donors (Lipinski definition) is 0. The summed E-state index contributed by atoms with van der Waals surface area (Å²) in [6.07, 6.45) is 0. The number of piperazine rings is 1. The number of halogens is 1. The highest BCUT2D eigenvalue weighted by Crippen LogP contribution is 2.37. The molecular weight excluding hydrogens is 451 g/mol. The summed E-state index contributed by atoms with van der Waals surface area (Å²) in [5.41, 5.74) is 0.386. The molecule has 0 N–H and O–H groups in total. The molecule has 3 rings (SSSR count). The molecule has 0 bridgehead atoms. The number of carbonyl (C=O) groups is 5. The van der Waals surface area contributed by atoms with Crippen molar-refractivity contribution in [1.82, 2.24) is 4.90 Å². The Morgan fingerprint density at radius 2 is 1.44 bits per heavy atom. The first-order chi connectivity index (χ1) is 16.1. The van der Waals surface area contributed by atoms with Gasteiger partial charge in [-0.1, -0.05) is 6.07 Å². The number of carbonyl (C=O) groups excluding carboxylic acids is 5. The Bertz CT molecular complexity index is 1140. The molecule has 2 aromatic rings. The van der Waals surface area contributed by atoms with Gasteiger partial charge in [0.2, 0.25) is 11.8 Å². The molecule has 0 radical (unpaired) electrons. The van der Waals surface area contributed by atoms with Gasteiger partial charge in [0.25, 0.3) is 0 Å². The number of benzene rings is 2. The Balaban J connectivity index is 1.92. The lowest BCUT2D eigenvalue weighted by Crippen LogP contribution is -2.53. The van der Waals surface area contributed by atoms with E-state index in [-0.39, 0.29) is 47.9 Å². The number of methoxy groups -OCH3 is 1. The predicted molar refractivity (Wildman–Crippen MR) is 115 cm³/mol. The maximum atomic E-state index is 13.2. The average Bonchev–Trinajstić information content (AvgIpc) is 2.75. The minimum atomic E-state index is -0.825. The van der Waals surface area contributed by atoms with Gasteiger partial charge in [0.1, 0.15) is 11.4 Å². The minimum absolute atomic E-state index is 0.0485. The second-order valence-corrected chi connectivity index (χ2v) is 7.35. The predicted octanol–water partition coefficient (Wildman–Crippen LogP) is 1.84. The van der Waals surface area contributed by atoms with Gasteiger partial charge in [0.05, 0.1) is 25.9 Å². The zero-order valence-corrected chi connectivity index (χ0v) is 18.6. The summed E-state index contributed by atoms with van der Waals surface area (Å²) < 4.78 is 28.3. The third-order valence-electron chi connectivity index (χ3n) is 4.79. The van der Waals surface area contributed by atoms with Gasteiger partial charge >= 0.3 is 17.9 Å². The van der Waals surface area contributed by atoms with Gasteiger partial charge in [-0.25, -0.2) is 14.1 Å². The summed E-state index contributed by atoms with van der Waals surface area (Å²) in [7, 11) is 1.14. The molecule has 1 saturated heterocycles. The summed E-state index contributed by atoms with van der Waals surface area (Å²) in [5, 5.41) is 0. The zero-order valence-electron chi connectivity index (χ0n) is 18.6. The van der Waals surface area contributed by atoms with Crippen molar-refractivity contribution in [3.05, 3.63) is 53.3 Å². The molecule has 0 aromatic heterocycles. The molecule has 34 heavy (non-hydrogen) atoms. The molecular formula is C23H21FN2O8. The van der Waals surface area contributed by atoms with Crippen molar-refractivity contribution in [3.8, 4) is 11.5 Å². The van der Waals surface area contributed by atoms with Crippen LogP contribution in [0.2, 0.25) is 0 Å². The van der Waals surface area contributed by atoms with E-state index < -0.39 is 35.5 Å². The molecule has 0 aliphatic carbocycles. The van der Waals surface area contributed by atoms with E-state index in [4.69, 9.17) is 14.2 Å². The maximum Gasteiger partial charge on any atom is 0.341 e. The third kappa shape index (κ3) is 5.44. The van der Waals surface area contributed by atoms with Crippen LogP contribution in [0.4, 0.5) is 10.1 Å². The molecule has 1 heterocycles. The quantitative estimate of drug-likeness (QED) is 0.352.